The average Bonchev–Trinajstić information content (AvgIpc) is 2.88. The predicted molar refractivity (Wildman–Crippen MR) is 134 cm³/mol. The molecule has 0 saturated carbocycles. The summed E-state index contributed by atoms with van der Waals surface area (Å²) in [6.45, 7) is 2.91. The summed E-state index contributed by atoms with van der Waals surface area (Å²) in [5.41, 5.74) is 1.09. The molecule has 0 radical (unpaired) electrons. The second-order valence-corrected chi connectivity index (χ2v) is 8.27. The van der Waals surface area contributed by atoms with Gasteiger partial charge in [0.2, 0.25) is 0 Å². The van der Waals surface area contributed by atoms with Crippen molar-refractivity contribution in [2.45, 2.75) is 52.1 Å². The highest BCUT2D eigenvalue weighted by Gasteiger charge is 2.16. The Morgan fingerprint density at radius 1 is 0.771 bits per heavy atom. The molecule has 6 nitrogen and oxygen atoms in total. The molecule has 3 aromatic carbocycles. The molecule has 0 saturated heterocycles. The Hall–Kier alpha value is -3.80. The van der Waals surface area contributed by atoms with Crippen molar-refractivity contribution in [2.24, 2.45) is 0 Å². The molecule has 0 aliphatic carbocycles. The monoisotopic (exact) mass is 476 g/mol. The Bertz CT molecular complexity index is 1080. The van der Waals surface area contributed by atoms with Gasteiger partial charge in [-0.3, -0.25) is 0 Å². The lowest BCUT2D eigenvalue weighted by Crippen LogP contribution is -2.10. The van der Waals surface area contributed by atoms with Crippen molar-refractivity contribution in [1.29, 1.82) is 0 Å². The first kappa shape index (κ1) is 25.8. The summed E-state index contributed by atoms with van der Waals surface area (Å²) < 4.78 is 16.4. The summed E-state index contributed by atoms with van der Waals surface area (Å²) in [6, 6.07) is 19.9. The molecule has 0 fully saturated rings. The maximum atomic E-state index is 12.5. The number of carbonyl (C=O) groups excluding carboxylic acids is 2. The number of rotatable bonds is 13. The number of phenolic OH excluding ortho intramolecular Hbond substituents is 1. The molecule has 0 aliphatic heterocycles. The summed E-state index contributed by atoms with van der Waals surface area (Å²) in [5, 5.41) is 10.1. The minimum absolute atomic E-state index is 0.0659. The number of carbonyl (C=O) groups is 2. The van der Waals surface area contributed by atoms with E-state index in [1.165, 1.54) is 43.9 Å². The predicted octanol–water partition coefficient (Wildman–Crippen LogP) is 6.71. The van der Waals surface area contributed by atoms with Crippen LogP contribution in [0.5, 0.6) is 17.2 Å². The Morgan fingerprint density at radius 3 is 2.20 bits per heavy atom. The number of aromatic hydroxyl groups is 1. The van der Waals surface area contributed by atoms with Gasteiger partial charge >= 0.3 is 11.9 Å². The van der Waals surface area contributed by atoms with E-state index in [1.807, 2.05) is 30.3 Å². The molecule has 3 rings (SSSR count). The fourth-order valence-electron chi connectivity index (χ4n) is 3.47. The van der Waals surface area contributed by atoms with Crippen molar-refractivity contribution in [2.75, 3.05) is 6.61 Å². The lowest BCUT2D eigenvalue weighted by molar-refractivity contribution is 0.0467. The van der Waals surface area contributed by atoms with Gasteiger partial charge in [-0.25, -0.2) is 9.59 Å². The number of ether oxygens (including phenoxy) is 3. The fourth-order valence-corrected chi connectivity index (χ4v) is 3.47. The van der Waals surface area contributed by atoms with Crippen LogP contribution in [0.4, 0.5) is 0 Å². The highest BCUT2D eigenvalue weighted by Crippen LogP contribution is 2.25. The molecule has 6 heteroatoms. The van der Waals surface area contributed by atoms with Crippen molar-refractivity contribution in [1.82, 2.24) is 0 Å². The van der Waals surface area contributed by atoms with Crippen LogP contribution in [0, 0.1) is 0 Å². The van der Waals surface area contributed by atoms with Crippen molar-refractivity contribution in [3.8, 4) is 17.2 Å². The summed E-state index contributed by atoms with van der Waals surface area (Å²) in [5.74, 6) is -0.723. The van der Waals surface area contributed by atoms with Gasteiger partial charge < -0.3 is 19.3 Å². The van der Waals surface area contributed by atoms with E-state index in [-0.39, 0.29) is 23.7 Å². The molecule has 0 amide bonds. The fraction of sp³-hybridized carbons (Fsp3) is 0.310. The second kappa shape index (κ2) is 13.8. The number of benzene rings is 3. The Morgan fingerprint density at radius 2 is 1.46 bits per heavy atom. The topological polar surface area (TPSA) is 82.1 Å². The van der Waals surface area contributed by atoms with Crippen molar-refractivity contribution >= 4 is 11.9 Å². The van der Waals surface area contributed by atoms with Crippen LogP contribution in [-0.4, -0.2) is 23.7 Å². The van der Waals surface area contributed by atoms with Crippen molar-refractivity contribution in [3.63, 3.8) is 0 Å². The average molecular weight is 477 g/mol. The normalized spacial score (nSPS) is 10.5. The van der Waals surface area contributed by atoms with Gasteiger partial charge in [0.15, 0.2) is 0 Å². The molecule has 0 heterocycles. The summed E-state index contributed by atoms with van der Waals surface area (Å²) >= 11 is 0. The molecule has 0 aliphatic rings. The standard InChI is InChI=1S/C29H32O6/c1-2-3-4-5-6-10-19-33-24-15-13-23(14-16-24)28(31)35-25-17-18-27(30)26(20-25)29(32)34-21-22-11-8-7-9-12-22/h7-9,11-18,20,30H,2-6,10,19,21H2,1H3. The Labute approximate surface area is 206 Å². The van der Waals surface area contributed by atoms with Gasteiger partial charge in [0.05, 0.1) is 12.2 Å². The molecule has 0 bridgehead atoms. The van der Waals surface area contributed by atoms with E-state index in [2.05, 4.69) is 6.92 Å². The van der Waals surface area contributed by atoms with Crippen molar-refractivity contribution < 1.29 is 28.9 Å². The smallest absolute Gasteiger partial charge is 0.343 e. The lowest BCUT2D eigenvalue weighted by Gasteiger charge is -2.10. The van der Waals surface area contributed by atoms with Gasteiger partial charge in [-0.1, -0.05) is 69.4 Å². The molecule has 0 aromatic heterocycles. The largest absolute Gasteiger partial charge is 0.507 e. The lowest BCUT2D eigenvalue weighted by atomic mass is 10.1. The van der Waals surface area contributed by atoms with E-state index in [0.717, 1.165) is 18.4 Å². The Kier molecular flexibility index (Phi) is 10.2. The van der Waals surface area contributed by atoms with Gasteiger partial charge in [0.1, 0.15) is 29.4 Å². The number of phenols is 1. The molecule has 35 heavy (non-hydrogen) atoms. The third-order valence-corrected chi connectivity index (χ3v) is 5.47. The summed E-state index contributed by atoms with van der Waals surface area (Å²) in [7, 11) is 0. The van der Waals surface area contributed by atoms with Gasteiger partial charge in [0.25, 0.3) is 0 Å². The quantitative estimate of drug-likeness (QED) is 0.168. The third kappa shape index (κ3) is 8.49. The first-order valence-electron chi connectivity index (χ1n) is 12.1. The van der Waals surface area contributed by atoms with E-state index in [9.17, 15) is 14.7 Å². The highest BCUT2D eigenvalue weighted by atomic mass is 16.5. The van der Waals surface area contributed by atoms with Crippen molar-refractivity contribution in [3.05, 3.63) is 89.5 Å². The van der Waals surface area contributed by atoms with E-state index in [4.69, 9.17) is 14.2 Å². The van der Waals surface area contributed by atoms with Crippen LogP contribution in [0.15, 0.2) is 72.8 Å². The van der Waals surface area contributed by atoms with Crippen LogP contribution in [0.3, 0.4) is 0 Å². The zero-order valence-corrected chi connectivity index (χ0v) is 20.1. The van der Waals surface area contributed by atoms with Gasteiger partial charge in [-0.15, -0.1) is 0 Å². The first-order valence-corrected chi connectivity index (χ1v) is 12.1. The van der Waals surface area contributed by atoms with Crippen LogP contribution >= 0.6 is 0 Å². The van der Waals surface area contributed by atoms with Crippen LogP contribution in [0.25, 0.3) is 0 Å². The van der Waals surface area contributed by atoms with Crippen LogP contribution < -0.4 is 9.47 Å². The maximum absolute atomic E-state index is 12.5. The molecule has 0 unspecified atom stereocenters. The molecule has 184 valence electrons. The van der Waals surface area contributed by atoms with Gasteiger partial charge in [0, 0.05) is 0 Å². The molecular formula is C29H32O6. The van der Waals surface area contributed by atoms with Crippen LogP contribution in [0.1, 0.15) is 71.7 Å². The molecule has 3 aromatic rings. The maximum Gasteiger partial charge on any atom is 0.343 e. The van der Waals surface area contributed by atoms with Crippen LogP contribution in [-0.2, 0) is 11.3 Å². The molecule has 0 atom stereocenters. The number of hydrogen-bond donors (Lipinski definition) is 1. The second-order valence-electron chi connectivity index (χ2n) is 8.27. The summed E-state index contributed by atoms with van der Waals surface area (Å²) in [4.78, 5) is 25.0. The minimum Gasteiger partial charge on any atom is -0.507 e. The first-order chi connectivity index (χ1) is 17.1. The SMILES string of the molecule is CCCCCCCCOc1ccc(C(=O)Oc2ccc(O)c(C(=O)OCc3ccccc3)c2)cc1. The minimum atomic E-state index is -0.712. The zero-order chi connectivity index (χ0) is 24.9. The number of unbranched alkanes of at least 4 members (excludes halogenated alkanes) is 5. The summed E-state index contributed by atoms with van der Waals surface area (Å²) in [6.07, 6.45) is 7.17. The number of esters is 2. The van der Waals surface area contributed by atoms with E-state index < -0.39 is 11.9 Å². The van der Waals surface area contributed by atoms with Gasteiger partial charge in [-0.05, 0) is 54.4 Å². The van der Waals surface area contributed by atoms with E-state index >= 15 is 0 Å². The third-order valence-electron chi connectivity index (χ3n) is 5.47. The van der Waals surface area contributed by atoms with E-state index in [0.29, 0.717) is 17.9 Å². The Balaban J connectivity index is 1.50. The number of hydrogen-bond acceptors (Lipinski definition) is 6. The van der Waals surface area contributed by atoms with Gasteiger partial charge in [-0.2, -0.15) is 0 Å². The molecular weight excluding hydrogens is 444 g/mol. The highest BCUT2D eigenvalue weighted by molar-refractivity contribution is 5.94. The molecule has 1 N–H and O–H groups in total. The van der Waals surface area contributed by atoms with E-state index in [1.54, 1.807) is 24.3 Å². The van der Waals surface area contributed by atoms with Crippen LogP contribution in [0.2, 0.25) is 0 Å². The zero-order valence-electron chi connectivity index (χ0n) is 20.1. The molecule has 0 spiro atoms.